The summed E-state index contributed by atoms with van der Waals surface area (Å²) in [7, 11) is 0. The van der Waals surface area contributed by atoms with Crippen molar-refractivity contribution >= 4 is 23.1 Å². The van der Waals surface area contributed by atoms with Crippen molar-refractivity contribution < 1.29 is 28.6 Å². The summed E-state index contributed by atoms with van der Waals surface area (Å²) in [5.74, 6) is -1.88. The summed E-state index contributed by atoms with van der Waals surface area (Å²) >= 11 is 0. The average molecular weight is 462 g/mol. The first-order valence-corrected chi connectivity index (χ1v) is 10.8. The number of nitrogens with zero attached hydrogens (tertiary/aromatic N) is 2. The lowest BCUT2D eigenvalue weighted by Crippen LogP contribution is -2.29. The van der Waals surface area contributed by atoms with Crippen molar-refractivity contribution in [2.24, 2.45) is 0 Å². The second-order valence-corrected chi connectivity index (χ2v) is 7.45. The summed E-state index contributed by atoms with van der Waals surface area (Å²) < 4.78 is 25.2. The van der Waals surface area contributed by atoms with E-state index < -0.39 is 29.3 Å². The van der Waals surface area contributed by atoms with Crippen LogP contribution in [0.4, 0.5) is 10.1 Å². The molecule has 1 unspecified atom stereocenters. The Morgan fingerprint density at radius 3 is 2.44 bits per heavy atom. The summed E-state index contributed by atoms with van der Waals surface area (Å²) in [5.41, 5.74) is 0.829. The first kappa shape index (κ1) is 23.0. The number of aliphatic hydroxyl groups excluding tert-OH is 1. The van der Waals surface area contributed by atoms with Crippen LogP contribution in [0.2, 0.25) is 0 Å². The molecule has 1 aromatic heterocycles. The number of hydrogen-bond donors (Lipinski definition) is 1. The van der Waals surface area contributed by atoms with E-state index in [0.29, 0.717) is 30.3 Å². The van der Waals surface area contributed by atoms with Gasteiger partial charge in [-0.15, -0.1) is 0 Å². The molecule has 1 aliphatic heterocycles. The molecule has 2 heterocycles. The lowest BCUT2D eigenvalue weighted by Gasteiger charge is -2.25. The Morgan fingerprint density at radius 2 is 1.76 bits per heavy atom. The summed E-state index contributed by atoms with van der Waals surface area (Å²) in [6.07, 6.45) is 3.03. The molecular formula is C26H23FN2O5. The Morgan fingerprint density at radius 1 is 1.03 bits per heavy atom. The molecule has 2 aromatic carbocycles. The van der Waals surface area contributed by atoms with Gasteiger partial charge in [-0.2, -0.15) is 0 Å². The molecule has 0 aliphatic carbocycles. The fraction of sp³-hybridized carbons (Fsp3) is 0.192. The fourth-order valence-corrected chi connectivity index (χ4v) is 3.96. The first-order chi connectivity index (χ1) is 16.5. The molecule has 1 aliphatic rings. The van der Waals surface area contributed by atoms with Crippen molar-refractivity contribution in [3.8, 4) is 11.5 Å². The maximum atomic E-state index is 14.0. The van der Waals surface area contributed by atoms with Crippen molar-refractivity contribution in [2.45, 2.75) is 19.9 Å². The van der Waals surface area contributed by atoms with Gasteiger partial charge < -0.3 is 14.6 Å². The molecule has 1 fully saturated rings. The number of pyridine rings is 1. The second-order valence-electron chi connectivity index (χ2n) is 7.45. The van der Waals surface area contributed by atoms with Gasteiger partial charge in [0.1, 0.15) is 23.1 Å². The van der Waals surface area contributed by atoms with E-state index in [9.17, 15) is 19.1 Å². The molecular weight excluding hydrogens is 439 g/mol. The summed E-state index contributed by atoms with van der Waals surface area (Å²) in [6.45, 7) is 4.38. The van der Waals surface area contributed by atoms with Crippen LogP contribution in [0, 0.1) is 5.82 Å². The molecule has 8 heteroatoms. The standard InChI is InChI=1S/C26H23FN2O5/c1-3-33-19-8-9-20(21(15-19)34-4-2)24(30)22-23(16-10-12-28-13-11-16)29(26(32)25(22)31)18-7-5-6-17(27)14-18/h5-15,23,30H,3-4H2,1-2H3/b24-22-. The Balaban J connectivity index is 1.93. The van der Waals surface area contributed by atoms with Crippen LogP contribution in [0.3, 0.4) is 0 Å². The number of halogens is 1. The van der Waals surface area contributed by atoms with Crippen molar-refractivity contribution in [3.63, 3.8) is 0 Å². The minimum atomic E-state index is -0.995. The highest BCUT2D eigenvalue weighted by molar-refractivity contribution is 6.51. The molecule has 7 nitrogen and oxygen atoms in total. The summed E-state index contributed by atoms with van der Waals surface area (Å²) in [5, 5.41) is 11.4. The lowest BCUT2D eigenvalue weighted by molar-refractivity contribution is -0.132. The number of rotatable bonds is 7. The molecule has 0 bridgehead atoms. The van der Waals surface area contributed by atoms with Gasteiger partial charge in [0.05, 0.1) is 30.4 Å². The van der Waals surface area contributed by atoms with Gasteiger partial charge in [-0.3, -0.25) is 19.5 Å². The molecule has 3 aromatic rings. The molecule has 1 N–H and O–H groups in total. The van der Waals surface area contributed by atoms with E-state index in [0.717, 1.165) is 0 Å². The number of ketones is 1. The van der Waals surface area contributed by atoms with Crippen LogP contribution in [0.25, 0.3) is 5.76 Å². The van der Waals surface area contributed by atoms with Crippen molar-refractivity contribution in [1.82, 2.24) is 4.98 Å². The number of Topliss-reactive ketones (excluding diaryl/α,β-unsaturated/α-hetero) is 1. The van der Waals surface area contributed by atoms with Gasteiger partial charge >= 0.3 is 0 Å². The molecule has 1 saturated heterocycles. The molecule has 0 saturated carbocycles. The number of aliphatic hydroxyl groups is 1. The van der Waals surface area contributed by atoms with Gasteiger partial charge in [-0.05, 0) is 61.9 Å². The van der Waals surface area contributed by atoms with Crippen molar-refractivity contribution in [2.75, 3.05) is 18.1 Å². The minimum absolute atomic E-state index is 0.134. The Labute approximate surface area is 196 Å². The summed E-state index contributed by atoms with van der Waals surface area (Å²) in [6, 6.07) is 12.5. The number of benzene rings is 2. The first-order valence-electron chi connectivity index (χ1n) is 10.8. The van der Waals surface area contributed by atoms with E-state index in [1.165, 1.54) is 41.6 Å². The Kier molecular flexibility index (Phi) is 6.58. The maximum Gasteiger partial charge on any atom is 0.300 e. The number of hydrogen-bond acceptors (Lipinski definition) is 6. The largest absolute Gasteiger partial charge is 0.507 e. The molecule has 1 amide bonds. The lowest BCUT2D eigenvalue weighted by atomic mass is 9.95. The number of ether oxygens (including phenoxy) is 2. The third-order valence-corrected chi connectivity index (χ3v) is 5.37. The van der Waals surface area contributed by atoms with Gasteiger partial charge in [0.2, 0.25) is 0 Å². The highest BCUT2D eigenvalue weighted by Crippen LogP contribution is 2.43. The zero-order chi connectivity index (χ0) is 24.2. The van der Waals surface area contributed by atoms with Crippen LogP contribution in [0.1, 0.15) is 31.0 Å². The zero-order valence-electron chi connectivity index (χ0n) is 18.7. The van der Waals surface area contributed by atoms with E-state index in [-0.39, 0.29) is 16.8 Å². The predicted octanol–water partition coefficient (Wildman–Crippen LogP) is 4.64. The van der Waals surface area contributed by atoms with E-state index in [1.54, 1.807) is 37.3 Å². The van der Waals surface area contributed by atoms with Gasteiger partial charge in [0.15, 0.2) is 0 Å². The monoisotopic (exact) mass is 462 g/mol. The number of anilines is 1. The van der Waals surface area contributed by atoms with Crippen LogP contribution in [0.15, 0.2) is 72.6 Å². The maximum absolute atomic E-state index is 14.0. The summed E-state index contributed by atoms with van der Waals surface area (Å²) in [4.78, 5) is 31.5. The molecule has 34 heavy (non-hydrogen) atoms. The van der Waals surface area contributed by atoms with E-state index in [2.05, 4.69) is 4.98 Å². The SMILES string of the molecule is CCOc1ccc(/C(O)=C2/C(=O)C(=O)N(c3cccc(F)c3)C2c2ccncc2)c(OCC)c1. The smallest absolute Gasteiger partial charge is 0.300 e. The predicted molar refractivity (Wildman–Crippen MR) is 124 cm³/mol. The third-order valence-electron chi connectivity index (χ3n) is 5.37. The average Bonchev–Trinajstić information content (AvgIpc) is 3.10. The van der Waals surface area contributed by atoms with Gasteiger partial charge in [0.25, 0.3) is 11.7 Å². The van der Waals surface area contributed by atoms with E-state index >= 15 is 0 Å². The molecule has 4 rings (SSSR count). The minimum Gasteiger partial charge on any atom is -0.507 e. The van der Waals surface area contributed by atoms with Crippen LogP contribution in [-0.2, 0) is 9.59 Å². The topological polar surface area (TPSA) is 89.0 Å². The quantitative estimate of drug-likeness (QED) is 0.313. The van der Waals surface area contributed by atoms with Crippen LogP contribution in [-0.4, -0.2) is 35.0 Å². The normalized spacial score (nSPS) is 17.1. The number of aromatic nitrogens is 1. The number of amides is 1. The van der Waals surface area contributed by atoms with Gasteiger partial charge in [-0.25, -0.2) is 4.39 Å². The number of carbonyl (C=O) groups excluding carboxylic acids is 2. The molecule has 0 spiro atoms. The highest BCUT2D eigenvalue weighted by Gasteiger charge is 2.47. The number of carbonyl (C=O) groups is 2. The third kappa shape index (κ3) is 4.22. The Hall–Kier alpha value is -4.20. The zero-order valence-corrected chi connectivity index (χ0v) is 18.7. The fourth-order valence-electron chi connectivity index (χ4n) is 3.96. The highest BCUT2D eigenvalue weighted by atomic mass is 19.1. The van der Waals surface area contributed by atoms with Crippen LogP contribution >= 0.6 is 0 Å². The second kappa shape index (κ2) is 9.74. The van der Waals surface area contributed by atoms with Gasteiger partial charge in [-0.1, -0.05) is 6.07 Å². The molecule has 1 atom stereocenters. The van der Waals surface area contributed by atoms with E-state index in [4.69, 9.17) is 9.47 Å². The van der Waals surface area contributed by atoms with E-state index in [1.807, 2.05) is 6.92 Å². The molecule has 0 radical (unpaired) electrons. The van der Waals surface area contributed by atoms with Gasteiger partial charge in [0, 0.05) is 24.1 Å². The van der Waals surface area contributed by atoms with Crippen LogP contribution in [0.5, 0.6) is 11.5 Å². The Bertz CT molecular complexity index is 1260. The molecule has 174 valence electrons. The van der Waals surface area contributed by atoms with Crippen molar-refractivity contribution in [3.05, 3.63) is 89.5 Å². The van der Waals surface area contributed by atoms with Crippen LogP contribution < -0.4 is 14.4 Å². The van der Waals surface area contributed by atoms with Crippen molar-refractivity contribution in [1.29, 1.82) is 0 Å².